The quantitative estimate of drug-likeness (QED) is 0.883. The summed E-state index contributed by atoms with van der Waals surface area (Å²) in [5.74, 6) is -0.654. The first-order valence-corrected chi connectivity index (χ1v) is 8.55. The number of amides is 1. The number of thiophene rings is 1. The average Bonchev–Trinajstić information content (AvgIpc) is 3.01. The van der Waals surface area contributed by atoms with Gasteiger partial charge in [0.25, 0.3) is 5.91 Å². The maximum Gasteiger partial charge on any atom is 0.405 e. The van der Waals surface area contributed by atoms with Gasteiger partial charge in [-0.15, -0.1) is 11.3 Å². The van der Waals surface area contributed by atoms with E-state index in [1.807, 2.05) is 11.4 Å². The van der Waals surface area contributed by atoms with E-state index in [9.17, 15) is 18.0 Å². The first-order chi connectivity index (χ1) is 10.6. The van der Waals surface area contributed by atoms with E-state index in [1.165, 1.54) is 11.3 Å². The second-order valence-electron chi connectivity index (χ2n) is 7.19. The predicted molar refractivity (Wildman–Crippen MR) is 85.7 cm³/mol. The molecule has 0 bridgehead atoms. The topological polar surface area (TPSA) is 32.3 Å². The Bertz CT molecular complexity index is 548. The Balaban J connectivity index is 2.02. The van der Waals surface area contributed by atoms with Crippen molar-refractivity contribution >= 4 is 17.2 Å². The van der Waals surface area contributed by atoms with Crippen LogP contribution in [-0.2, 0) is 0 Å². The lowest BCUT2D eigenvalue weighted by Gasteiger charge is -2.30. The molecule has 1 atom stereocenters. The minimum absolute atomic E-state index is 0.187. The summed E-state index contributed by atoms with van der Waals surface area (Å²) in [7, 11) is 0. The number of carbonyl (C=O) groups is 1. The van der Waals surface area contributed by atoms with Gasteiger partial charge < -0.3 is 5.32 Å². The summed E-state index contributed by atoms with van der Waals surface area (Å²) < 4.78 is 36.5. The largest absolute Gasteiger partial charge is 0.405 e. The van der Waals surface area contributed by atoms with Crippen molar-refractivity contribution in [2.24, 2.45) is 5.41 Å². The van der Waals surface area contributed by atoms with Gasteiger partial charge >= 0.3 is 6.18 Å². The van der Waals surface area contributed by atoms with Crippen LogP contribution in [0.2, 0.25) is 0 Å². The van der Waals surface area contributed by atoms with E-state index in [2.05, 4.69) is 25.7 Å². The minimum atomic E-state index is -4.38. The number of rotatable bonds is 4. The number of halogens is 3. The van der Waals surface area contributed by atoms with Crippen LogP contribution >= 0.6 is 11.3 Å². The zero-order valence-corrected chi connectivity index (χ0v) is 14.5. The van der Waals surface area contributed by atoms with Gasteiger partial charge in [-0.2, -0.15) is 13.2 Å². The Hall–Kier alpha value is -1.08. The van der Waals surface area contributed by atoms with E-state index >= 15 is 0 Å². The fourth-order valence-corrected chi connectivity index (χ4v) is 3.96. The lowest BCUT2D eigenvalue weighted by atomic mass is 9.95. The molecule has 0 aliphatic carbocycles. The number of nitrogens with zero attached hydrogens (tertiary/aromatic N) is 1. The lowest BCUT2D eigenvalue weighted by molar-refractivity contribution is -0.123. The smallest absolute Gasteiger partial charge is 0.342 e. The van der Waals surface area contributed by atoms with E-state index in [4.69, 9.17) is 0 Å². The maximum absolute atomic E-state index is 12.2. The third-order valence-corrected chi connectivity index (χ3v) is 4.85. The minimum Gasteiger partial charge on any atom is -0.342 e. The molecule has 1 aromatic rings. The Labute approximate surface area is 138 Å². The number of hydrogen-bond acceptors (Lipinski definition) is 3. The summed E-state index contributed by atoms with van der Waals surface area (Å²) in [4.78, 5) is 15.6. The summed E-state index contributed by atoms with van der Waals surface area (Å²) in [6.07, 6.45) is -2.25. The first-order valence-electron chi connectivity index (χ1n) is 7.74. The van der Waals surface area contributed by atoms with Crippen LogP contribution in [0.3, 0.4) is 0 Å². The van der Waals surface area contributed by atoms with Crippen LogP contribution in [-0.4, -0.2) is 36.6 Å². The average molecular weight is 348 g/mol. The van der Waals surface area contributed by atoms with Gasteiger partial charge in [0, 0.05) is 17.5 Å². The highest BCUT2D eigenvalue weighted by Crippen LogP contribution is 2.37. The molecule has 1 aromatic heterocycles. The van der Waals surface area contributed by atoms with Gasteiger partial charge in [-0.1, -0.05) is 20.8 Å². The molecule has 0 spiro atoms. The zero-order valence-electron chi connectivity index (χ0n) is 13.7. The lowest BCUT2D eigenvalue weighted by Crippen LogP contribution is -2.33. The van der Waals surface area contributed by atoms with Crippen LogP contribution in [0.1, 0.15) is 54.2 Å². The second kappa shape index (κ2) is 6.81. The Morgan fingerprint density at radius 3 is 2.65 bits per heavy atom. The van der Waals surface area contributed by atoms with Gasteiger partial charge in [0.2, 0.25) is 0 Å². The van der Waals surface area contributed by atoms with Crippen molar-refractivity contribution in [2.75, 3.05) is 19.6 Å². The zero-order chi connectivity index (χ0) is 17.3. The van der Waals surface area contributed by atoms with Gasteiger partial charge in [0.05, 0.1) is 4.88 Å². The third-order valence-electron chi connectivity index (χ3n) is 3.67. The molecule has 0 aromatic carbocycles. The van der Waals surface area contributed by atoms with Crippen LogP contribution in [0, 0.1) is 5.41 Å². The van der Waals surface area contributed by atoms with Crippen molar-refractivity contribution in [3.05, 3.63) is 21.9 Å². The predicted octanol–water partition coefficient (Wildman–Crippen LogP) is 4.22. The van der Waals surface area contributed by atoms with Crippen LogP contribution in [0.15, 0.2) is 12.1 Å². The number of carbonyl (C=O) groups excluding carboxylic acids is 1. The normalized spacial score (nSPS) is 20.0. The SMILES string of the molecule is CC(C)(C)CN1CCCC1c1ccc(C(=O)NCC(F)(F)F)s1. The molecule has 1 N–H and O–H groups in total. The Morgan fingerprint density at radius 2 is 2.04 bits per heavy atom. The van der Waals surface area contributed by atoms with Gasteiger partial charge in [0.1, 0.15) is 6.54 Å². The molecule has 2 heterocycles. The molecule has 1 aliphatic heterocycles. The second-order valence-corrected chi connectivity index (χ2v) is 8.30. The summed E-state index contributed by atoms with van der Waals surface area (Å²) in [5.41, 5.74) is 0.187. The fourth-order valence-electron chi connectivity index (χ4n) is 2.87. The van der Waals surface area contributed by atoms with E-state index in [0.717, 1.165) is 30.8 Å². The molecular formula is C16H23F3N2OS. The highest BCUT2D eigenvalue weighted by molar-refractivity contribution is 7.14. The Kier molecular flexibility index (Phi) is 5.41. The number of hydrogen-bond donors (Lipinski definition) is 1. The van der Waals surface area contributed by atoms with Crippen molar-refractivity contribution in [3.63, 3.8) is 0 Å². The number of nitrogens with one attached hydrogen (secondary N) is 1. The van der Waals surface area contributed by atoms with Crippen LogP contribution in [0.25, 0.3) is 0 Å². The fraction of sp³-hybridized carbons (Fsp3) is 0.688. The molecule has 23 heavy (non-hydrogen) atoms. The standard InChI is InChI=1S/C16H23F3N2OS/c1-15(2,3)10-21-8-4-5-11(21)12-6-7-13(23-12)14(22)20-9-16(17,18)19/h6-7,11H,4-5,8-10H2,1-3H3,(H,20,22). The molecule has 1 saturated heterocycles. The molecule has 130 valence electrons. The van der Waals surface area contributed by atoms with Crippen LogP contribution < -0.4 is 5.32 Å². The molecule has 1 fully saturated rings. The van der Waals surface area contributed by atoms with E-state index in [-0.39, 0.29) is 11.5 Å². The highest BCUT2D eigenvalue weighted by atomic mass is 32.1. The third kappa shape index (κ3) is 5.49. The molecule has 1 amide bonds. The first kappa shape index (κ1) is 18.3. The monoisotopic (exact) mass is 348 g/mol. The molecule has 3 nitrogen and oxygen atoms in total. The van der Waals surface area contributed by atoms with Crippen molar-refractivity contribution in [1.82, 2.24) is 10.2 Å². The Morgan fingerprint density at radius 1 is 1.35 bits per heavy atom. The molecule has 0 saturated carbocycles. The van der Waals surface area contributed by atoms with E-state index < -0.39 is 18.6 Å². The molecular weight excluding hydrogens is 325 g/mol. The molecule has 1 unspecified atom stereocenters. The molecule has 1 aliphatic rings. The highest BCUT2D eigenvalue weighted by Gasteiger charge is 2.31. The van der Waals surface area contributed by atoms with E-state index in [1.54, 1.807) is 6.07 Å². The number of alkyl halides is 3. The van der Waals surface area contributed by atoms with Gasteiger partial charge in [0.15, 0.2) is 0 Å². The molecule has 2 rings (SSSR count). The molecule has 7 heteroatoms. The number of likely N-dealkylation sites (tertiary alicyclic amines) is 1. The van der Waals surface area contributed by atoms with Crippen molar-refractivity contribution in [1.29, 1.82) is 0 Å². The van der Waals surface area contributed by atoms with Gasteiger partial charge in [-0.05, 0) is 36.9 Å². The van der Waals surface area contributed by atoms with E-state index in [0.29, 0.717) is 4.88 Å². The summed E-state index contributed by atoms with van der Waals surface area (Å²) in [6, 6.07) is 3.77. The van der Waals surface area contributed by atoms with Crippen molar-refractivity contribution in [3.8, 4) is 0 Å². The summed E-state index contributed by atoms with van der Waals surface area (Å²) in [5, 5.41) is 1.93. The molecule has 0 radical (unpaired) electrons. The van der Waals surface area contributed by atoms with Crippen LogP contribution in [0.4, 0.5) is 13.2 Å². The van der Waals surface area contributed by atoms with Gasteiger partial charge in [-0.3, -0.25) is 9.69 Å². The summed E-state index contributed by atoms with van der Waals surface area (Å²) in [6.45, 7) is 7.26. The maximum atomic E-state index is 12.2. The van der Waals surface area contributed by atoms with Crippen molar-refractivity contribution in [2.45, 2.75) is 45.8 Å². The van der Waals surface area contributed by atoms with Crippen LogP contribution in [0.5, 0.6) is 0 Å². The van der Waals surface area contributed by atoms with Gasteiger partial charge in [-0.25, -0.2) is 0 Å². The van der Waals surface area contributed by atoms with Crippen molar-refractivity contribution < 1.29 is 18.0 Å². The summed E-state index contributed by atoms with van der Waals surface area (Å²) >= 11 is 1.30.